The van der Waals surface area contributed by atoms with E-state index in [1.54, 1.807) is 14.0 Å². The van der Waals surface area contributed by atoms with Crippen molar-refractivity contribution in [2.75, 3.05) is 43.6 Å². The number of carbonyl (C=O) groups is 1. The number of amides is 1. The Balaban J connectivity index is 2.50. The first-order valence-corrected chi connectivity index (χ1v) is 6.44. The van der Waals surface area contributed by atoms with Crippen molar-refractivity contribution < 1.29 is 14.6 Å². The minimum absolute atomic E-state index is 0.0832. The monoisotopic (exact) mass is 281 g/mol. The molecule has 1 aliphatic rings. The van der Waals surface area contributed by atoms with Gasteiger partial charge in [-0.25, -0.2) is 9.97 Å². The highest BCUT2D eigenvalue weighted by Gasteiger charge is 2.23. The molecule has 20 heavy (non-hydrogen) atoms. The van der Waals surface area contributed by atoms with E-state index in [4.69, 9.17) is 10.5 Å². The zero-order valence-corrected chi connectivity index (χ0v) is 11.6. The second kappa shape index (κ2) is 6.02. The van der Waals surface area contributed by atoms with Crippen molar-refractivity contribution in [2.24, 2.45) is 5.73 Å². The number of ether oxygens (including phenoxy) is 1. The number of primary amides is 1. The summed E-state index contributed by atoms with van der Waals surface area (Å²) < 4.78 is 5.27. The number of hydrogen-bond acceptors (Lipinski definition) is 7. The van der Waals surface area contributed by atoms with E-state index in [-0.39, 0.29) is 5.69 Å². The van der Waals surface area contributed by atoms with Crippen LogP contribution in [0.25, 0.3) is 0 Å². The summed E-state index contributed by atoms with van der Waals surface area (Å²) in [7, 11) is 1.63. The van der Waals surface area contributed by atoms with Gasteiger partial charge in [0, 0.05) is 20.1 Å². The molecule has 2 heterocycles. The van der Waals surface area contributed by atoms with E-state index >= 15 is 0 Å². The van der Waals surface area contributed by atoms with Gasteiger partial charge in [0.1, 0.15) is 0 Å². The molecule has 0 aliphatic carbocycles. The predicted molar refractivity (Wildman–Crippen MR) is 73.8 cm³/mol. The smallest absolute Gasteiger partial charge is 0.269 e. The van der Waals surface area contributed by atoms with Gasteiger partial charge in [0.05, 0.1) is 30.7 Å². The topological polar surface area (TPSA) is 114 Å². The number of nitrogens with zero attached hydrogens (tertiary/aromatic N) is 3. The molecule has 0 bridgehead atoms. The van der Waals surface area contributed by atoms with Crippen molar-refractivity contribution in [1.29, 1.82) is 0 Å². The van der Waals surface area contributed by atoms with Crippen LogP contribution in [0.5, 0.6) is 0 Å². The van der Waals surface area contributed by atoms with Crippen LogP contribution in [-0.2, 0) is 4.74 Å². The van der Waals surface area contributed by atoms with Crippen molar-refractivity contribution in [1.82, 2.24) is 9.97 Å². The third-order valence-corrected chi connectivity index (χ3v) is 3.10. The molecule has 8 heteroatoms. The maximum Gasteiger partial charge on any atom is 0.269 e. The van der Waals surface area contributed by atoms with Gasteiger partial charge in [-0.05, 0) is 6.92 Å². The number of aromatic nitrogens is 2. The Bertz CT molecular complexity index is 500. The molecular weight excluding hydrogens is 262 g/mol. The number of morpholine rings is 1. The largest absolute Gasteiger partial charge is 0.387 e. The summed E-state index contributed by atoms with van der Waals surface area (Å²) in [6.45, 7) is 4.00. The lowest BCUT2D eigenvalue weighted by atomic mass is 10.2. The van der Waals surface area contributed by atoms with E-state index in [1.165, 1.54) is 0 Å². The number of nitrogens with one attached hydrogen (secondary N) is 1. The molecule has 1 atom stereocenters. The molecule has 1 saturated heterocycles. The molecular formula is C12H19N5O3. The summed E-state index contributed by atoms with van der Waals surface area (Å²) in [6, 6.07) is 0. The second-order valence-corrected chi connectivity index (χ2v) is 4.52. The van der Waals surface area contributed by atoms with Crippen molar-refractivity contribution in [3.8, 4) is 0 Å². The number of aliphatic hydroxyl groups excluding tert-OH is 1. The van der Waals surface area contributed by atoms with E-state index in [0.29, 0.717) is 43.6 Å². The molecule has 0 aromatic carbocycles. The van der Waals surface area contributed by atoms with Crippen molar-refractivity contribution >= 4 is 17.5 Å². The fourth-order valence-electron chi connectivity index (χ4n) is 2.10. The molecule has 1 aromatic rings. The second-order valence-electron chi connectivity index (χ2n) is 4.52. The Kier molecular flexibility index (Phi) is 4.35. The van der Waals surface area contributed by atoms with Crippen LogP contribution in [0.4, 0.5) is 11.6 Å². The molecule has 4 N–H and O–H groups in total. The average molecular weight is 281 g/mol. The summed E-state index contributed by atoms with van der Waals surface area (Å²) in [4.78, 5) is 22.0. The molecule has 2 rings (SSSR count). The van der Waals surface area contributed by atoms with Gasteiger partial charge in [0.15, 0.2) is 5.69 Å². The van der Waals surface area contributed by atoms with Crippen molar-refractivity contribution in [3.05, 3.63) is 11.4 Å². The van der Waals surface area contributed by atoms with Gasteiger partial charge in [-0.1, -0.05) is 0 Å². The van der Waals surface area contributed by atoms with Gasteiger partial charge in [0.2, 0.25) is 5.95 Å². The lowest BCUT2D eigenvalue weighted by molar-refractivity contribution is 0.0995. The van der Waals surface area contributed by atoms with Crippen LogP contribution in [-0.4, -0.2) is 54.3 Å². The standard InChI is InChI=1S/C12H19N5O3/c1-7(18)8-9(14-2)10(11(13)19)16-12(15-8)17-3-5-20-6-4-17/h7,14,18H,3-6H2,1-2H3,(H2,13,19). The normalized spacial score (nSPS) is 16.9. The van der Waals surface area contributed by atoms with Gasteiger partial charge < -0.3 is 25.8 Å². The van der Waals surface area contributed by atoms with Crippen LogP contribution < -0.4 is 16.0 Å². The lowest BCUT2D eigenvalue weighted by Crippen LogP contribution is -2.38. The molecule has 1 fully saturated rings. The molecule has 8 nitrogen and oxygen atoms in total. The summed E-state index contributed by atoms with van der Waals surface area (Å²) >= 11 is 0. The molecule has 1 amide bonds. The Hall–Kier alpha value is -1.93. The SMILES string of the molecule is CNc1c(C(N)=O)nc(N2CCOCC2)nc1C(C)O. The average Bonchev–Trinajstić information content (AvgIpc) is 2.46. The Morgan fingerprint density at radius 1 is 1.45 bits per heavy atom. The van der Waals surface area contributed by atoms with E-state index in [9.17, 15) is 9.90 Å². The maximum atomic E-state index is 11.6. The third kappa shape index (κ3) is 2.81. The maximum absolute atomic E-state index is 11.6. The van der Waals surface area contributed by atoms with Crippen LogP contribution >= 0.6 is 0 Å². The molecule has 0 radical (unpaired) electrons. The van der Waals surface area contributed by atoms with Gasteiger partial charge in [-0.3, -0.25) is 4.79 Å². The fourth-order valence-corrected chi connectivity index (χ4v) is 2.10. The van der Waals surface area contributed by atoms with Gasteiger partial charge in [0.25, 0.3) is 5.91 Å². The first kappa shape index (κ1) is 14.5. The van der Waals surface area contributed by atoms with Crippen molar-refractivity contribution in [3.63, 3.8) is 0 Å². The summed E-state index contributed by atoms with van der Waals surface area (Å²) in [5, 5.41) is 12.7. The quantitative estimate of drug-likeness (QED) is 0.682. The van der Waals surface area contributed by atoms with E-state index in [0.717, 1.165) is 0 Å². The number of hydrogen-bond donors (Lipinski definition) is 3. The summed E-state index contributed by atoms with van der Waals surface area (Å²) in [5.41, 5.74) is 6.17. The highest BCUT2D eigenvalue weighted by atomic mass is 16.5. The first-order chi connectivity index (χ1) is 9.54. The number of rotatable bonds is 4. The van der Waals surface area contributed by atoms with Crippen LogP contribution in [0.3, 0.4) is 0 Å². The highest BCUT2D eigenvalue weighted by molar-refractivity contribution is 5.97. The van der Waals surface area contributed by atoms with Crippen LogP contribution in [0.1, 0.15) is 29.2 Å². The minimum atomic E-state index is -0.835. The Morgan fingerprint density at radius 3 is 2.60 bits per heavy atom. The Labute approximate surface area is 117 Å². The fraction of sp³-hybridized carbons (Fsp3) is 0.583. The van der Waals surface area contributed by atoms with E-state index in [2.05, 4.69) is 15.3 Å². The van der Waals surface area contributed by atoms with E-state index in [1.807, 2.05) is 4.90 Å². The van der Waals surface area contributed by atoms with Gasteiger partial charge in [-0.2, -0.15) is 0 Å². The number of aliphatic hydroxyl groups is 1. The number of carbonyl (C=O) groups excluding carboxylic acids is 1. The van der Waals surface area contributed by atoms with Gasteiger partial charge in [-0.15, -0.1) is 0 Å². The van der Waals surface area contributed by atoms with E-state index < -0.39 is 12.0 Å². The minimum Gasteiger partial charge on any atom is -0.387 e. The zero-order chi connectivity index (χ0) is 14.7. The molecule has 1 unspecified atom stereocenters. The van der Waals surface area contributed by atoms with Gasteiger partial charge >= 0.3 is 0 Å². The zero-order valence-electron chi connectivity index (χ0n) is 11.6. The van der Waals surface area contributed by atoms with Crippen molar-refractivity contribution in [2.45, 2.75) is 13.0 Å². The first-order valence-electron chi connectivity index (χ1n) is 6.44. The summed E-state index contributed by atoms with van der Waals surface area (Å²) in [6.07, 6.45) is -0.835. The predicted octanol–water partition coefficient (Wildman–Crippen LogP) is -0.493. The number of anilines is 2. The molecule has 0 saturated carbocycles. The third-order valence-electron chi connectivity index (χ3n) is 3.10. The summed E-state index contributed by atoms with van der Waals surface area (Å²) in [5.74, 6) is -0.273. The number of nitrogens with two attached hydrogens (primary N) is 1. The molecule has 0 spiro atoms. The highest BCUT2D eigenvalue weighted by Crippen LogP contribution is 2.26. The van der Waals surface area contributed by atoms with Crippen LogP contribution in [0.2, 0.25) is 0 Å². The molecule has 1 aliphatic heterocycles. The molecule has 1 aromatic heterocycles. The lowest BCUT2D eigenvalue weighted by Gasteiger charge is -2.28. The van der Waals surface area contributed by atoms with Crippen LogP contribution in [0, 0.1) is 0 Å². The molecule has 110 valence electrons. The Morgan fingerprint density at radius 2 is 2.10 bits per heavy atom. The van der Waals surface area contributed by atoms with Crippen LogP contribution in [0.15, 0.2) is 0 Å².